The first kappa shape index (κ1) is 22.1. The number of nitrogens with one attached hydrogen (secondary N) is 1. The van der Waals surface area contributed by atoms with Gasteiger partial charge < -0.3 is 10.1 Å². The first-order valence-electron chi connectivity index (χ1n) is 9.91. The summed E-state index contributed by atoms with van der Waals surface area (Å²) in [6.45, 7) is 1.61. The van der Waals surface area contributed by atoms with E-state index >= 15 is 0 Å². The monoisotopic (exact) mass is 421 g/mol. The van der Waals surface area contributed by atoms with E-state index in [1.54, 1.807) is 23.9 Å². The Morgan fingerprint density at radius 3 is 2.70 bits per heavy atom. The van der Waals surface area contributed by atoms with E-state index in [1.807, 2.05) is 37.3 Å². The second-order valence-corrected chi connectivity index (χ2v) is 7.59. The predicted octanol–water partition coefficient (Wildman–Crippen LogP) is 4.02. The van der Waals surface area contributed by atoms with Crippen LogP contribution in [0.15, 0.2) is 48.0 Å². The van der Waals surface area contributed by atoms with Gasteiger partial charge in [0.05, 0.1) is 12.2 Å². The highest BCUT2D eigenvalue weighted by atomic mass is 19.4. The van der Waals surface area contributed by atoms with E-state index in [9.17, 15) is 18.0 Å². The summed E-state index contributed by atoms with van der Waals surface area (Å²) in [4.78, 5) is 12.8. The lowest BCUT2D eigenvalue weighted by molar-refractivity contribution is -0.265. The number of benzene rings is 1. The third kappa shape index (κ3) is 4.92. The predicted molar refractivity (Wildman–Crippen MR) is 107 cm³/mol. The van der Waals surface area contributed by atoms with Gasteiger partial charge in [0.2, 0.25) is 5.60 Å². The van der Waals surface area contributed by atoms with Crippen LogP contribution in [-0.4, -0.2) is 34.1 Å². The molecule has 2 aromatic rings. The smallest absolute Gasteiger partial charge is 0.357 e. The molecule has 3 rings (SSSR count). The average Bonchev–Trinajstić information content (AvgIpc) is 2.90. The number of halogens is 3. The molecule has 0 spiro atoms. The molecular weight excluding hydrogens is 395 g/mol. The molecule has 0 aliphatic carbocycles. The number of aromatic nitrogens is 2. The summed E-state index contributed by atoms with van der Waals surface area (Å²) in [7, 11) is 1.73. The Morgan fingerprint density at radius 2 is 2.07 bits per heavy atom. The van der Waals surface area contributed by atoms with Crippen LogP contribution < -0.4 is 5.32 Å². The van der Waals surface area contributed by atoms with E-state index in [0.717, 1.165) is 11.3 Å². The molecule has 1 N–H and O–H groups in total. The van der Waals surface area contributed by atoms with Gasteiger partial charge >= 0.3 is 6.18 Å². The van der Waals surface area contributed by atoms with Crippen LogP contribution in [0.1, 0.15) is 36.2 Å². The molecule has 0 saturated carbocycles. The number of allylic oxidation sites excluding steroid dienone is 1. The summed E-state index contributed by atoms with van der Waals surface area (Å²) >= 11 is 0. The molecule has 5 nitrogen and oxygen atoms in total. The number of nitrogens with zero attached hydrogens (tertiary/aromatic N) is 2. The zero-order chi connectivity index (χ0) is 21.8. The molecule has 2 heterocycles. The molecule has 8 heteroatoms. The molecule has 1 aromatic carbocycles. The zero-order valence-corrected chi connectivity index (χ0v) is 17.1. The van der Waals surface area contributed by atoms with Gasteiger partial charge in [-0.15, -0.1) is 0 Å². The van der Waals surface area contributed by atoms with Crippen molar-refractivity contribution in [1.29, 1.82) is 0 Å². The molecule has 1 aromatic heterocycles. The van der Waals surface area contributed by atoms with E-state index in [1.165, 1.54) is 0 Å². The van der Waals surface area contributed by atoms with E-state index in [2.05, 4.69) is 10.4 Å². The van der Waals surface area contributed by atoms with Gasteiger partial charge in [0.15, 0.2) is 0 Å². The summed E-state index contributed by atoms with van der Waals surface area (Å²) in [6.07, 6.45) is -2.13. The second-order valence-electron chi connectivity index (χ2n) is 7.59. The number of alkyl halides is 3. The van der Waals surface area contributed by atoms with Crippen LogP contribution in [-0.2, 0) is 29.5 Å². The molecule has 1 fully saturated rings. The van der Waals surface area contributed by atoms with Crippen LogP contribution in [0.25, 0.3) is 0 Å². The standard InChI is InChI=1S/C22H26F3N3O2/c1-16-13-19(27-28(16)2)15-26-20(29)21(22(23,24)25)14-18(9-6-12-30-21)11-10-17-7-4-3-5-8-17/h3-5,7-8,11,13H,6,9-10,12,14-15H2,1-2H3,(H,26,29). The topological polar surface area (TPSA) is 56.1 Å². The number of aryl methyl sites for hydroxylation is 2. The van der Waals surface area contributed by atoms with E-state index in [-0.39, 0.29) is 13.2 Å². The van der Waals surface area contributed by atoms with Crippen LogP contribution in [0, 0.1) is 6.92 Å². The van der Waals surface area contributed by atoms with Crippen molar-refractivity contribution >= 4 is 5.91 Å². The van der Waals surface area contributed by atoms with Crippen molar-refractivity contribution in [2.24, 2.45) is 7.05 Å². The van der Waals surface area contributed by atoms with Crippen molar-refractivity contribution in [1.82, 2.24) is 15.1 Å². The van der Waals surface area contributed by atoms with Crippen molar-refractivity contribution in [2.45, 2.75) is 50.9 Å². The molecule has 1 aliphatic heterocycles. The average molecular weight is 421 g/mol. The second kappa shape index (κ2) is 9.04. The molecule has 0 bridgehead atoms. The number of hydrogen-bond acceptors (Lipinski definition) is 3. The van der Waals surface area contributed by atoms with E-state index in [0.29, 0.717) is 30.5 Å². The van der Waals surface area contributed by atoms with Gasteiger partial charge in [-0.3, -0.25) is 9.48 Å². The van der Waals surface area contributed by atoms with Crippen LogP contribution in [0.4, 0.5) is 13.2 Å². The van der Waals surface area contributed by atoms with Crippen molar-refractivity contribution in [3.8, 4) is 0 Å². The lowest BCUT2D eigenvalue weighted by atomic mass is 9.90. The minimum atomic E-state index is -4.84. The number of carbonyl (C=O) groups excluding carboxylic acids is 1. The van der Waals surface area contributed by atoms with Gasteiger partial charge in [0.1, 0.15) is 0 Å². The summed E-state index contributed by atoms with van der Waals surface area (Å²) < 4.78 is 49.2. The third-order valence-electron chi connectivity index (χ3n) is 5.36. The van der Waals surface area contributed by atoms with Gasteiger partial charge in [-0.25, -0.2) is 0 Å². The maximum absolute atomic E-state index is 14.1. The van der Waals surface area contributed by atoms with Crippen LogP contribution in [0.3, 0.4) is 0 Å². The zero-order valence-electron chi connectivity index (χ0n) is 17.1. The van der Waals surface area contributed by atoms with Crippen LogP contribution >= 0.6 is 0 Å². The highest BCUT2D eigenvalue weighted by Gasteiger charge is 2.62. The largest absolute Gasteiger partial charge is 0.426 e. The Balaban J connectivity index is 1.80. The maximum atomic E-state index is 14.1. The van der Waals surface area contributed by atoms with Gasteiger partial charge in [-0.1, -0.05) is 42.0 Å². The maximum Gasteiger partial charge on any atom is 0.426 e. The van der Waals surface area contributed by atoms with Crippen molar-refractivity contribution in [3.63, 3.8) is 0 Å². The minimum Gasteiger partial charge on any atom is -0.357 e. The Kier molecular flexibility index (Phi) is 6.65. The van der Waals surface area contributed by atoms with Gasteiger partial charge in [-0.2, -0.15) is 18.3 Å². The fourth-order valence-electron chi connectivity index (χ4n) is 3.55. The SMILES string of the molecule is Cc1cc(CNC(=O)C2(C(F)(F)F)CC(=CCc3ccccc3)CCCO2)nn1C. The molecule has 0 radical (unpaired) electrons. The van der Waals surface area contributed by atoms with Gasteiger partial charge in [0, 0.05) is 25.8 Å². The molecule has 1 amide bonds. The first-order valence-corrected chi connectivity index (χ1v) is 9.91. The molecule has 162 valence electrons. The molecule has 1 atom stereocenters. The number of ether oxygens (including phenoxy) is 1. The summed E-state index contributed by atoms with van der Waals surface area (Å²) in [5.41, 5.74) is 0.0339. The minimum absolute atomic E-state index is 0.0925. The number of carbonyl (C=O) groups is 1. The molecule has 1 unspecified atom stereocenters. The van der Waals surface area contributed by atoms with Gasteiger partial charge in [0.25, 0.3) is 5.91 Å². The van der Waals surface area contributed by atoms with Gasteiger partial charge in [-0.05, 0) is 37.8 Å². The number of rotatable bonds is 5. The third-order valence-corrected chi connectivity index (χ3v) is 5.36. The summed E-state index contributed by atoms with van der Waals surface area (Å²) in [5, 5.41) is 6.57. The van der Waals surface area contributed by atoms with Crippen LogP contribution in [0.2, 0.25) is 0 Å². The fourth-order valence-corrected chi connectivity index (χ4v) is 3.55. The summed E-state index contributed by atoms with van der Waals surface area (Å²) in [5.74, 6) is -1.18. The molecular formula is C22H26F3N3O2. The Bertz CT molecular complexity index is 887. The number of amides is 1. The lowest BCUT2D eigenvalue weighted by Crippen LogP contribution is -2.58. The summed E-state index contributed by atoms with van der Waals surface area (Å²) in [6, 6.07) is 11.2. The lowest BCUT2D eigenvalue weighted by Gasteiger charge is -2.33. The van der Waals surface area contributed by atoms with E-state index < -0.39 is 24.1 Å². The van der Waals surface area contributed by atoms with Crippen molar-refractivity contribution < 1.29 is 22.7 Å². The molecule has 30 heavy (non-hydrogen) atoms. The quantitative estimate of drug-likeness (QED) is 0.742. The Morgan fingerprint density at radius 1 is 1.33 bits per heavy atom. The molecule has 1 aliphatic rings. The normalized spacial score (nSPS) is 21.4. The fraction of sp³-hybridized carbons (Fsp3) is 0.455. The van der Waals surface area contributed by atoms with Crippen LogP contribution in [0.5, 0.6) is 0 Å². The number of hydrogen-bond donors (Lipinski definition) is 1. The molecule has 1 saturated heterocycles. The highest BCUT2D eigenvalue weighted by molar-refractivity contribution is 5.86. The van der Waals surface area contributed by atoms with Crippen molar-refractivity contribution in [2.75, 3.05) is 6.61 Å². The van der Waals surface area contributed by atoms with E-state index in [4.69, 9.17) is 4.74 Å². The Labute approximate surface area is 173 Å². The Hall–Kier alpha value is -2.61. The highest BCUT2D eigenvalue weighted by Crippen LogP contribution is 2.41. The van der Waals surface area contributed by atoms with Crippen molar-refractivity contribution in [3.05, 3.63) is 65.0 Å². The first-order chi connectivity index (χ1) is 14.2.